The molecule has 0 aliphatic carbocycles. The third-order valence-electron chi connectivity index (χ3n) is 6.60. The van der Waals surface area contributed by atoms with Gasteiger partial charge in [0.05, 0.1) is 28.2 Å². The zero-order valence-electron chi connectivity index (χ0n) is 20.8. The largest absolute Gasteiger partial charge is 0.236 e. The topological polar surface area (TPSA) is 75.3 Å². The Bertz CT molecular complexity index is 1800. The van der Waals surface area contributed by atoms with Gasteiger partial charge in [-0.1, -0.05) is 103 Å². The summed E-state index contributed by atoms with van der Waals surface area (Å²) in [6.07, 6.45) is 2.41. The lowest BCUT2D eigenvalue weighted by Crippen LogP contribution is -2.06. The molecule has 0 spiro atoms. The molecule has 2 aromatic heterocycles. The Morgan fingerprint density at radius 1 is 0.684 bits per heavy atom. The summed E-state index contributed by atoms with van der Waals surface area (Å²) in [7, 11) is 0. The first-order valence-electron chi connectivity index (χ1n) is 12.4. The maximum absolute atomic E-state index is 10.1. The zero-order chi connectivity index (χ0) is 25.9. The van der Waals surface area contributed by atoms with Crippen LogP contribution >= 0.6 is 0 Å². The fourth-order valence-corrected chi connectivity index (χ4v) is 4.71. The minimum Gasteiger partial charge on any atom is -0.236 e. The number of fused-ring (bicyclic) bond motifs is 1. The lowest BCUT2D eigenvalue weighted by molar-refractivity contribution is 1.01. The molecule has 0 aliphatic rings. The van der Waals surface area contributed by atoms with Gasteiger partial charge in [0.1, 0.15) is 6.07 Å². The smallest absolute Gasteiger partial charge is 0.163 e. The van der Waals surface area contributed by atoms with Gasteiger partial charge in [-0.25, -0.2) is 19.9 Å². The van der Waals surface area contributed by atoms with Crippen molar-refractivity contribution in [2.45, 2.75) is 13.3 Å². The number of nitrogens with zero attached hydrogens (tertiary/aromatic N) is 5. The fourth-order valence-electron chi connectivity index (χ4n) is 4.71. The molecule has 0 saturated heterocycles. The van der Waals surface area contributed by atoms with Crippen LogP contribution in [-0.4, -0.2) is 19.9 Å². The van der Waals surface area contributed by atoms with Crippen molar-refractivity contribution < 1.29 is 0 Å². The minimum atomic E-state index is 0.469. The molecule has 0 aliphatic heterocycles. The molecular weight excluding hydrogens is 466 g/mol. The standard InChI is InChI=1S/C33H23N5/c1-22-28(20-34)31(27-18-10-16-24-13-8-9-17-26(24)27)38-33(36-22)29-21-35-32(25-14-6-3-7-15-25)37-30(29)19-23-11-4-2-5-12-23/h2-18,21H,19H2,1H3. The molecule has 0 N–H and O–H groups in total. The van der Waals surface area contributed by atoms with Gasteiger partial charge in [0.25, 0.3) is 0 Å². The van der Waals surface area contributed by atoms with Gasteiger partial charge in [-0.05, 0) is 23.3 Å². The van der Waals surface area contributed by atoms with Crippen LogP contribution in [0.15, 0.2) is 109 Å². The van der Waals surface area contributed by atoms with Gasteiger partial charge >= 0.3 is 0 Å². The van der Waals surface area contributed by atoms with Crippen molar-refractivity contribution in [3.63, 3.8) is 0 Å². The van der Waals surface area contributed by atoms with Crippen molar-refractivity contribution in [2.24, 2.45) is 0 Å². The van der Waals surface area contributed by atoms with E-state index in [4.69, 9.17) is 19.9 Å². The van der Waals surface area contributed by atoms with E-state index in [1.54, 1.807) is 6.20 Å². The first kappa shape index (κ1) is 23.2. The first-order valence-corrected chi connectivity index (χ1v) is 12.4. The molecule has 0 radical (unpaired) electrons. The van der Waals surface area contributed by atoms with E-state index in [0.29, 0.717) is 35.0 Å². The Hall–Kier alpha value is -5.21. The van der Waals surface area contributed by atoms with Crippen molar-refractivity contribution in [2.75, 3.05) is 0 Å². The van der Waals surface area contributed by atoms with E-state index in [9.17, 15) is 5.26 Å². The summed E-state index contributed by atoms with van der Waals surface area (Å²) in [6.45, 7) is 1.86. The molecule has 6 aromatic rings. The molecule has 4 aromatic carbocycles. The summed E-state index contributed by atoms with van der Waals surface area (Å²) >= 11 is 0. The summed E-state index contributed by atoms with van der Waals surface area (Å²) in [5.74, 6) is 1.16. The summed E-state index contributed by atoms with van der Waals surface area (Å²) in [5, 5.41) is 12.2. The molecule has 0 fully saturated rings. The van der Waals surface area contributed by atoms with Gasteiger partial charge in [-0.2, -0.15) is 5.26 Å². The van der Waals surface area contributed by atoms with Crippen molar-refractivity contribution in [1.82, 2.24) is 19.9 Å². The molecule has 38 heavy (non-hydrogen) atoms. The van der Waals surface area contributed by atoms with Crippen LogP contribution < -0.4 is 0 Å². The van der Waals surface area contributed by atoms with Crippen LogP contribution in [0.1, 0.15) is 22.5 Å². The maximum Gasteiger partial charge on any atom is 0.163 e. The van der Waals surface area contributed by atoms with Gasteiger partial charge in [0.15, 0.2) is 11.6 Å². The highest BCUT2D eigenvalue weighted by atomic mass is 14.9. The Balaban J connectivity index is 1.56. The third kappa shape index (κ3) is 4.40. The highest BCUT2D eigenvalue weighted by Crippen LogP contribution is 2.33. The van der Waals surface area contributed by atoms with Crippen LogP contribution in [0.2, 0.25) is 0 Å². The SMILES string of the molecule is Cc1nc(-c2cnc(-c3ccccc3)nc2Cc2ccccc2)nc(-c2cccc3ccccc23)c1C#N. The van der Waals surface area contributed by atoms with Crippen molar-refractivity contribution >= 4 is 10.8 Å². The molecule has 0 amide bonds. The van der Waals surface area contributed by atoms with E-state index in [1.807, 2.05) is 79.7 Å². The van der Waals surface area contributed by atoms with E-state index in [1.165, 1.54) is 0 Å². The molecule has 0 saturated carbocycles. The average Bonchev–Trinajstić information content (AvgIpc) is 2.97. The van der Waals surface area contributed by atoms with Crippen LogP contribution in [0.5, 0.6) is 0 Å². The maximum atomic E-state index is 10.1. The van der Waals surface area contributed by atoms with E-state index < -0.39 is 0 Å². The van der Waals surface area contributed by atoms with E-state index in [2.05, 4.69) is 36.4 Å². The molecular formula is C33H23N5. The lowest BCUT2D eigenvalue weighted by Gasteiger charge is -2.14. The van der Waals surface area contributed by atoms with Gasteiger partial charge < -0.3 is 0 Å². The Labute approximate surface area is 221 Å². The molecule has 0 bridgehead atoms. The number of rotatable bonds is 5. The molecule has 2 heterocycles. The quantitative estimate of drug-likeness (QED) is 0.256. The summed E-state index contributed by atoms with van der Waals surface area (Å²) in [4.78, 5) is 19.4. The van der Waals surface area contributed by atoms with Gasteiger partial charge in [0, 0.05) is 23.7 Å². The normalized spacial score (nSPS) is 10.8. The summed E-state index contributed by atoms with van der Waals surface area (Å²) in [6, 6.07) is 36.7. The number of hydrogen-bond acceptors (Lipinski definition) is 5. The number of hydrogen-bond donors (Lipinski definition) is 0. The number of aryl methyl sites for hydroxylation is 1. The fraction of sp³-hybridized carbons (Fsp3) is 0.0606. The number of aromatic nitrogens is 4. The molecule has 0 atom stereocenters. The molecule has 5 nitrogen and oxygen atoms in total. The second kappa shape index (κ2) is 10.0. The van der Waals surface area contributed by atoms with E-state index >= 15 is 0 Å². The van der Waals surface area contributed by atoms with Crippen molar-refractivity contribution in [1.29, 1.82) is 5.26 Å². The van der Waals surface area contributed by atoms with Gasteiger partial charge in [-0.15, -0.1) is 0 Å². The Kier molecular flexibility index (Phi) is 6.13. The van der Waals surface area contributed by atoms with Crippen LogP contribution in [0, 0.1) is 18.3 Å². The molecule has 5 heteroatoms. The zero-order valence-corrected chi connectivity index (χ0v) is 20.8. The molecule has 6 rings (SSSR count). The lowest BCUT2D eigenvalue weighted by atomic mass is 9.98. The van der Waals surface area contributed by atoms with E-state index in [0.717, 1.165) is 38.7 Å². The average molecular weight is 490 g/mol. The van der Waals surface area contributed by atoms with Crippen LogP contribution in [0.4, 0.5) is 0 Å². The highest BCUT2D eigenvalue weighted by Gasteiger charge is 2.20. The number of nitriles is 1. The van der Waals surface area contributed by atoms with Gasteiger partial charge in [-0.3, -0.25) is 0 Å². The molecule has 0 unspecified atom stereocenters. The van der Waals surface area contributed by atoms with Crippen molar-refractivity contribution in [3.8, 4) is 40.1 Å². The van der Waals surface area contributed by atoms with Crippen LogP contribution in [-0.2, 0) is 6.42 Å². The number of benzene rings is 4. The van der Waals surface area contributed by atoms with Crippen LogP contribution in [0.3, 0.4) is 0 Å². The van der Waals surface area contributed by atoms with Crippen molar-refractivity contribution in [3.05, 3.63) is 132 Å². The first-order chi connectivity index (χ1) is 18.7. The predicted molar refractivity (Wildman–Crippen MR) is 150 cm³/mol. The molecule has 180 valence electrons. The third-order valence-corrected chi connectivity index (χ3v) is 6.60. The summed E-state index contributed by atoms with van der Waals surface area (Å²) in [5.41, 5.74) is 6.27. The second-order valence-electron chi connectivity index (χ2n) is 9.08. The van der Waals surface area contributed by atoms with Gasteiger partial charge in [0.2, 0.25) is 0 Å². The minimum absolute atomic E-state index is 0.469. The second-order valence-corrected chi connectivity index (χ2v) is 9.08. The monoisotopic (exact) mass is 489 g/mol. The Morgan fingerprint density at radius 3 is 2.18 bits per heavy atom. The Morgan fingerprint density at radius 2 is 1.39 bits per heavy atom. The van der Waals surface area contributed by atoms with E-state index in [-0.39, 0.29) is 0 Å². The summed E-state index contributed by atoms with van der Waals surface area (Å²) < 4.78 is 0. The highest BCUT2D eigenvalue weighted by molar-refractivity contribution is 5.97. The predicted octanol–water partition coefficient (Wildman–Crippen LogP) is 7.19. The van der Waals surface area contributed by atoms with Crippen LogP contribution in [0.25, 0.3) is 44.8 Å².